The minimum atomic E-state index is 0.271. The minimum absolute atomic E-state index is 0.271. The molecule has 1 rings (SSSR count). The fraction of sp³-hybridized carbons (Fsp3) is 1.00. The highest BCUT2D eigenvalue weighted by Gasteiger charge is 2.27. The van der Waals surface area contributed by atoms with Crippen LogP contribution in [0, 0.1) is 11.8 Å². The van der Waals surface area contributed by atoms with Gasteiger partial charge in [-0.25, -0.2) is 0 Å². The van der Waals surface area contributed by atoms with E-state index in [1.54, 1.807) is 11.8 Å². The number of rotatable bonds is 5. The van der Waals surface area contributed by atoms with Gasteiger partial charge in [0.2, 0.25) is 0 Å². The first-order valence-electron chi connectivity index (χ1n) is 6.48. The van der Waals surface area contributed by atoms with E-state index in [1.165, 1.54) is 19.3 Å². The van der Waals surface area contributed by atoms with Gasteiger partial charge in [0.15, 0.2) is 0 Å². The Morgan fingerprint density at radius 3 is 2.56 bits per heavy atom. The van der Waals surface area contributed by atoms with Gasteiger partial charge in [-0.05, 0) is 44.3 Å². The van der Waals surface area contributed by atoms with Crippen molar-refractivity contribution < 1.29 is 5.11 Å². The summed E-state index contributed by atoms with van der Waals surface area (Å²) in [6.07, 6.45) is 6.05. The van der Waals surface area contributed by atoms with E-state index in [-0.39, 0.29) is 6.61 Å². The molecule has 5 atom stereocenters. The van der Waals surface area contributed by atoms with Crippen molar-refractivity contribution >= 4 is 11.8 Å². The van der Waals surface area contributed by atoms with Crippen LogP contribution in [0.5, 0.6) is 0 Å². The Labute approximate surface area is 105 Å². The lowest BCUT2D eigenvalue weighted by Gasteiger charge is -2.36. The summed E-state index contributed by atoms with van der Waals surface area (Å²) in [4.78, 5) is 0. The van der Waals surface area contributed by atoms with Crippen molar-refractivity contribution in [1.82, 2.24) is 5.32 Å². The fourth-order valence-corrected chi connectivity index (χ4v) is 3.43. The second kappa shape index (κ2) is 6.87. The number of hydrogen-bond donors (Lipinski definition) is 2. The molecule has 0 aliphatic heterocycles. The summed E-state index contributed by atoms with van der Waals surface area (Å²) in [5.74, 6) is 1.66. The molecule has 2 nitrogen and oxygen atoms in total. The van der Waals surface area contributed by atoms with Crippen LogP contribution in [0.2, 0.25) is 0 Å². The summed E-state index contributed by atoms with van der Waals surface area (Å²) >= 11 is 1.76. The zero-order chi connectivity index (χ0) is 12.1. The van der Waals surface area contributed by atoms with Crippen molar-refractivity contribution in [3.63, 3.8) is 0 Å². The lowest BCUT2D eigenvalue weighted by atomic mass is 9.79. The molecule has 0 aromatic carbocycles. The van der Waals surface area contributed by atoms with Crippen LogP contribution in [0.4, 0.5) is 0 Å². The summed E-state index contributed by atoms with van der Waals surface area (Å²) in [7, 11) is 0. The molecule has 0 radical (unpaired) electrons. The molecule has 0 bridgehead atoms. The predicted octanol–water partition coefficient (Wildman–Crippen LogP) is 2.51. The van der Waals surface area contributed by atoms with E-state index in [4.69, 9.17) is 0 Å². The maximum Gasteiger partial charge on any atom is 0.0564 e. The average molecular weight is 245 g/mol. The third-order valence-corrected chi connectivity index (χ3v) is 5.11. The molecule has 0 aromatic heterocycles. The summed E-state index contributed by atoms with van der Waals surface area (Å²) in [6.45, 7) is 7.18. The van der Waals surface area contributed by atoms with Gasteiger partial charge in [-0.15, -0.1) is 0 Å². The second-order valence-electron chi connectivity index (χ2n) is 5.41. The Balaban J connectivity index is 2.41. The van der Waals surface area contributed by atoms with Gasteiger partial charge >= 0.3 is 0 Å². The van der Waals surface area contributed by atoms with Crippen molar-refractivity contribution in [1.29, 1.82) is 0 Å². The Bertz CT molecular complexity index is 196. The fourth-order valence-electron chi connectivity index (χ4n) is 2.79. The van der Waals surface area contributed by atoms with Gasteiger partial charge in [0, 0.05) is 17.3 Å². The molecule has 5 unspecified atom stereocenters. The van der Waals surface area contributed by atoms with Gasteiger partial charge in [-0.1, -0.05) is 13.8 Å². The van der Waals surface area contributed by atoms with E-state index in [1.807, 2.05) is 0 Å². The molecule has 16 heavy (non-hydrogen) atoms. The third kappa shape index (κ3) is 3.94. The standard InChI is InChI=1S/C13H27NOS/c1-9-5-6-12(10(2)7-9)14-11(3)13(8-15)16-4/h9-15H,5-8H2,1-4H3. The minimum Gasteiger partial charge on any atom is -0.395 e. The van der Waals surface area contributed by atoms with Crippen LogP contribution in [0.1, 0.15) is 40.0 Å². The first kappa shape index (κ1) is 14.3. The van der Waals surface area contributed by atoms with Gasteiger partial charge in [0.1, 0.15) is 0 Å². The van der Waals surface area contributed by atoms with Crippen LogP contribution in [0.3, 0.4) is 0 Å². The lowest BCUT2D eigenvalue weighted by Crippen LogP contribution is -2.48. The molecule has 0 saturated heterocycles. The van der Waals surface area contributed by atoms with E-state index in [0.717, 1.165) is 11.8 Å². The van der Waals surface area contributed by atoms with Crippen molar-refractivity contribution in [2.75, 3.05) is 12.9 Å². The van der Waals surface area contributed by atoms with Gasteiger partial charge < -0.3 is 10.4 Å². The SMILES string of the molecule is CSC(CO)C(C)NC1CCC(C)CC1C. The van der Waals surface area contributed by atoms with Crippen LogP contribution < -0.4 is 5.32 Å². The first-order chi connectivity index (χ1) is 7.58. The third-order valence-electron chi connectivity index (χ3n) is 3.95. The van der Waals surface area contributed by atoms with E-state index < -0.39 is 0 Å². The maximum atomic E-state index is 9.27. The van der Waals surface area contributed by atoms with Crippen LogP contribution in [0.15, 0.2) is 0 Å². The van der Waals surface area contributed by atoms with E-state index in [9.17, 15) is 5.11 Å². The Kier molecular flexibility index (Phi) is 6.16. The highest BCUT2D eigenvalue weighted by atomic mass is 32.2. The Morgan fingerprint density at radius 1 is 1.38 bits per heavy atom. The molecule has 0 heterocycles. The predicted molar refractivity (Wildman–Crippen MR) is 73.0 cm³/mol. The van der Waals surface area contributed by atoms with E-state index >= 15 is 0 Å². The number of aliphatic hydroxyl groups is 1. The van der Waals surface area contributed by atoms with Gasteiger partial charge in [0.05, 0.1) is 6.61 Å². The molecule has 3 heteroatoms. The van der Waals surface area contributed by atoms with Crippen molar-refractivity contribution in [2.45, 2.75) is 57.4 Å². The number of thioether (sulfide) groups is 1. The molecule has 0 aromatic rings. The number of nitrogens with one attached hydrogen (secondary N) is 1. The van der Waals surface area contributed by atoms with E-state index in [0.29, 0.717) is 17.3 Å². The van der Waals surface area contributed by atoms with Gasteiger partial charge in [0.25, 0.3) is 0 Å². The summed E-state index contributed by atoms with van der Waals surface area (Å²) in [5, 5.41) is 13.3. The molecule has 2 N–H and O–H groups in total. The molecule has 1 fully saturated rings. The van der Waals surface area contributed by atoms with Crippen molar-refractivity contribution in [3.05, 3.63) is 0 Å². The molecule has 96 valence electrons. The topological polar surface area (TPSA) is 32.3 Å². The van der Waals surface area contributed by atoms with Crippen molar-refractivity contribution in [2.24, 2.45) is 11.8 Å². The van der Waals surface area contributed by atoms with Crippen LogP contribution in [0.25, 0.3) is 0 Å². The monoisotopic (exact) mass is 245 g/mol. The first-order valence-corrected chi connectivity index (χ1v) is 7.77. The van der Waals surface area contributed by atoms with Crippen LogP contribution in [-0.4, -0.2) is 35.3 Å². The number of hydrogen-bond acceptors (Lipinski definition) is 3. The zero-order valence-electron chi connectivity index (χ0n) is 11.1. The normalized spacial score (nSPS) is 34.7. The van der Waals surface area contributed by atoms with Crippen molar-refractivity contribution in [3.8, 4) is 0 Å². The summed E-state index contributed by atoms with van der Waals surface area (Å²) < 4.78 is 0. The second-order valence-corrected chi connectivity index (χ2v) is 6.49. The van der Waals surface area contributed by atoms with Gasteiger partial charge in [-0.2, -0.15) is 11.8 Å². The van der Waals surface area contributed by atoms with E-state index in [2.05, 4.69) is 32.3 Å². The summed E-state index contributed by atoms with van der Waals surface area (Å²) in [6, 6.07) is 1.05. The molecule has 1 aliphatic rings. The Hall–Kier alpha value is 0.270. The maximum absolute atomic E-state index is 9.27. The van der Waals surface area contributed by atoms with Crippen LogP contribution in [-0.2, 0) is 0 Å². The smallest absolute Gasteiger partial charge is 0.0564 e. The molecule has 1 aliphatic carbocycles. The molecule has 0 amide bonds. The quantitative estimate of drug-likeness (QED) is 0.780. The zero-order valence-corrected chi connectivity index (χ0v) is 11.9. The highest BCUT2D eigenvalue weighted by molar-refractivity contribution is 7.99. The highest BCUT2D eigenvalue weighted by Crippen LogP contribution is 2.29. The Morgan fingerprint density at radius 2 is 2.06 bits per heavy atom. The molecule has 0 spiro atoms. The molecular weight excluding hydrogens is 218 g/mol. The van der Waals surface area contributed by atoms with Gasteiger partial charge in [-0.3, -0.25) is 0 Å². The van der Waals surface area contributed by atoms with Crippen LogP contribution >= 0.6 is 11.8 Å². The molecular formula is C13H27NOS. The number of aliphatic hydroxyl groups excluding tert-OH is 1. The average Bonchev–Trinajstić information content (AvgIpc) is 2.24. The summed E-state index contributed by atoms with van der Waals surface area (Å²) in [5.41, 5.74) is 0. The largest absolute Gasteiger partial charge is 0.395 e. The molecule has 1 saturated carbocycles. The lowest BCUT2D eigenvalue weighted by molar-refractivity contribution is 0.203.